The average Bonchev–Trinajstić information content (AvgIpc) is 2.11. The molecule has 0 heterocycles. The van der Waals surface area contributed by atoms with Crippen LogP contribution < -0.4 is 16.4 Å². The number of rotatable bonds is 4. The van der Waals surface area contributed by atoms with Gasteiger partial charge in [-0.2, -0.15) is 12.6 Å². The third-order valence-corrected chi connectivity index (χ3v) is 1.63. The minimum atomic E-state index is -0.655. The molecule has 70 valence electrons. The monoisotopic (exact) mass is 191 g/mol. The highest BCUT2D eigenvalue weighted by molar-refractivity contribution is 7.80. The second-order valence-corrected chi connectivity index (χ2v) is 2.55. The highest BCUT2D eigenvalue weighted by Crippen LogP contribution is 1.82. The van der Waals surface area contributed by atoms with Gasteiger partial charge in [0.25, 0.3) is 0 Å². The van der Waals surface area contributed by atoms with Gasteiger partial charge < -0.3 is 16.4 Å². The molecule has 0 radical (unpaired) electrons. The van der Waals surface area contributed by atoms with Crippen molar-refractivity contribution in [3.63, 3.8) is 0 Å². The molecule has 4 N–H and O–H groups in total. The molecule has 0 spiro atoms. The lowest BCUT2D eigenvalue weighted by atomic mass is 10.3. The smallest absolute Gasteiger partial charge is 0.239 e. The van der Waals surface area contributed by atoms with Crippen LogP contribution >= 0.6 is 12.6 Å². The summed E-state index contributed by atoms with van der Waals surface area (Å²) in [5, 5.41) is 4.72. The number of nitrogens with one attached hydrogen (secondary N) is 2. The lowest BCUT2D eigenvalue weighted by Gasteiger charge is -2.08. The van der Waals surface area contributed by atoms with Gasteiger partial charge >= 0.3 is 0 Å². The first kappa shape index (κ1) is 11.2. The first-order chi connectivity index (χ1) is 5.61. The van der Waals surface area contributed by atoms with Crippen LogP contribution in [-0.4, -0.2) is 37.2 Å². The average molecular weight is 191 g/mol. The molecule has 0 saturated heterocycles. The second-order valence-electron chi connectivity index (χ2n) is 2.18. The Morgan fingerprint density at radius 1 is 1.58 bits per heavy atom. The normalized spacial score (nSPS) is 11.9. The summed E-state index contributed by atoms with van der Waals surface area (Å²) < 4.78 is 0. The Labute approximate surface area is 76.5 Å². The van der Waals surface area contributed by atoms with Gasteiger partial charge in [-0.1, -0.05) is 0 Å². The predicted molar refractivity (Wildman–Crippen MR) is 48.9 cm³/mol. The number of carbonyl (C=O) groups is 2. The zero-order valence-corrected chi connectivity index (χ0v) is 7.73. The van der Waals surface area contributed by atoms with Crippen molar-refractivity contribution in [2.24, 2.45) is 5.73 Å². The summed E-state index contributed by atoms with van der Waals surface area (Å²) in [6, 6.07) is -0.655. The lowest BCUT2D eigenvalue weighted by molar-refractivity contribution is -0.126. The molecule has 1 atom stereocenters. The summed E-state index contributed by atoms with van der Waals surface area (Å²) in [7, 11) is 1.49. The Bertz CT molecular complexity index is 174. The van der Waals surface area contributed by atoms with Gasteiger partial charge in [0.05, 0.1) is 12.6 Å². The van der Waals surface area contributed by atoms with Crippen molar-refractivity contribution in [3.8, 4) is 0 Å². The highest BCUT2D eigenvalue weighted by atomic mass is 32.1. The van der Waals surface area contributed by atoms with Crippen molar-refractivity contribution in [2.75, 3.05) is 19.3 Å². The fourth-order valence-electron chi connectivity index (χ4n) is 0.470. The predicted octanol–water partition coefficient (Wildman–Crippen LogP) is -1.89. The Kier molecular flexibility index (Phi) is 5.48. The molecule has 0 aromatic carbocycles. The third kappa shape index (κ3) is 4.20. The van der Waals surface area contributed by atoms with E-state index in [4.69, 9.17) is 5.73 Å². The standard InChI is InChI=1S/C6H13N3O2S/c1-8-5(10)2-9-6(11)4(7)3-12/h4,12H,2-3,7H2,1H3,(H,8,10)(H,9,11). The fourth-order valence-corrected chi connectivity index (χ4v) is 0.636. The van der Waals surface area contributed by atoms with Crippen LogP contribution in [0.5, 0.6) is 0 Å². The van der Waals surface area contributed by atoms with Crippen LogP contribution in [-0.2, 0) is 9.59 Å². The Balaban J connectivity index is 3.64. The van der Waals surface area contributed by atoms with E-state index in [9.17, 15) is 9.59 Å². The summed E-state index contributed by atoms with van der Waals surface area (Å²) in [5.74, 6) is -0.358. The topological polar surface area (TPSA) is 84.2 Å². The molecule has 2 amide bonds. The van der Waals surface area contributed by atoms with Crippen molar-refractivity contribution in [1.82, 2.24) is 10.6 Å². The van der Waals surface area contributed by atoms with Gasteiger partial charge in [0, 0.05) is 12.8 Å². The van der Waals surface area contributed by atoms with Crippen molar-refractivity contribution >= 4 is 24.4 Å². The molecule has 6 heteroatoms. The highest BCUT2D eigenvalue weighted by Gasteiger charge is 2.11. The maximum Gasteiger partial charge on any atom is 0.239 e. The van der Waals surface area contributed by atoms with Crippen LogP contribution in [0.2, 0.25) is 0 Å². The molecule has 0 aliphatic heterocycles. The number of hydrogen-bond donors (Lipinski definition) is 4. The number of nitrogens with two attached hydrogens (primary N) is 1. The number of likely N-dealkylation sites (N-methyl/N-ethyl adjacent to an activating group) is 1. The molecule has 5 nitrogen and oxygen atoms in total. The van der Waals surface area contributed by atoms with E-state index in [1.165, 1.54) is 7.05 Å². The molecule has 0 bridgehead atoms. The van der Waals surface area contributed by atoms with Crippen LogP contribution in [0.3, 0.4) is 0 Å². The molecule has 0 aromatic heterocycles. The number of hydrogen-bond acceptors (Lipinski definition) is 4. The summed E-state index contributed by atoms with van der Waals surface area (Å²) in [6.07, 6.45) is 0. The summed E-state index contributed by atoms with van der Waals surface area (Å²) >= 11 is 3.84. The lowest BCUT2D eigenvalue weighted by Crippen LogP contribution is -2.45. The maximum atomic E-state index is 10.9. The van der Waals surface area contributed by atoms with Gasteiger partial charge in [0.15, 0.2) is 0 Å². The number of carbonyl (C=O) groups excluding carboxylic acids is 2. The molecule has 0 fully saturated rings. The second kappa shape index (κ2) is 5.84. The SMILES string of the molecule is CNC(=O)CNC(=O)C(N)CS. The van der Waals surface area contributed by atoms with E-state index in [0.717, 1.165) is 0 Å². The van der Waals surface area contributed by atoms with E-state index in [0.29, 0.717) is 0 Å². The molecular weight excluding hydrogens is 178 g/mol. The van der Waals surface area contributed by atoms with Crippen molar-refractivity contribution in [2.45, 2.75) is 6.04 Å². The van der Waals surface area contributed by atoms with Crippen molar-refractivity contribution in [3.05, 3.63) is 0 Å². The van der Waals surface area contributed by atoms with Gasteiger partial charge in [-0.3, -0.25) is 9.59 Å². The molecule has 0 saturated carbocycles. The maximum absolute atomic E-state index is 10.9. The van der Waals surface area contributed by atoms with Gasteiger partial charge in [0.2, 0.25) is 11.8 Å². The van der Waals surface area contributed by atoms with Gasteiger partial charge in [-0.05, 0) is 0 Å². The molecule has 1 unspecified atom stereocenters. The van der Waals surface area contributed by atoms with Crippen LogP contribution in [0.1, 0.15) is 0 Å². The van der Waals surface area contributed by atoms with E-state index in [2.05, 4.69) is 23.3 Å². The zero-order valence-electron chi connectivity index (χ0n) is 6.83. The van der Waals surface area contributed by atoms with Crippen molar-refractivity contribution < 1.29 is 9.59 Å². The van der Waals surface area contributed by atoms with Crippen LogP contribution in [0.25, 0.3) is 0 Å². The summed E-state index contributed by atoms with van der Waals surface area (Å²) in [4.78, 5) is 21.6. The first-order valence-electron chi connectivity index (χ1n) is 3.46. The Morgan fingerprint density at radius 3 is 2.58 bits per heavy atom. The zero-order chi connectivity index (χ0) is 9.56. The summed E-state index contributed by atoms with van der Waals surface area (Å²) in [5.41, 5.74) is 5.32. The van der Waals surface area contributed by atoms with Crippen molar-refractivity contribution in [1.29, 1.82) is 0 Å². The van der Waals surface area contributed by atoms with E-state index < -0.39 is 6.04 Å². The quantitative estimate of drug-likeness (QED) is 0.392. The van der Waals surface area contributed by atoms with Crippen LogP contribution in [0.15, 0.2) is 0 Å². The van der Waals surface area contributed by atoms with Crippen LogP contribution in [0.4, 0.5) is 0 Å². The minimum Gasteiger partial charge on any atom is -0.358 e. The Hall–Kier alpha value is -0.750. The van der Waals surface area contributed by atoms with E-state index in [-0.39, 0.29) is 24.1 Å². The van der Waals surface area contributed by atoms with E-state index >= 15 is 0 Å². The number of amides is 2. The largest absolute Gasteiger partial charge is 0.358 e. The van der Waals surface area contributed by atoms with Crippen LogP contribution in [0, 0.1) is 0 Å². The molecule has 0 aliphatic carbocycles. The first-order valence-corrected chi connectivity index (χ1v) is 4.09. The van der Waals surface area contributed by atoms with E-state index in [1.54, 1.807) is 0 Å². The molecule has 0 aliphatic rings. The molecule has 0 rings (SSSR count). The fraction of sp³-hybridized carbons (Fsp3) is 0.667. The van der Waals surface area contributed by atoms with Gasteiger partial charge in [-0.25, -0.2) is 0 Å². The third-order valence-electron chi connectivity index (χ3n) is 1.24. The molecule has 12 heavy (non-hydrogen) atoms. The summed E-state index contributed by atoms with van der Waals surface area (Å²) in [6.45, 7) is -0.0448. The van der Waals surface area contributed by atoms with E-state index in [1.807, 2.05) is 0 Å². The van der Waals surface area contributed by atoms with Gasteiger partial charge in [-0.15, -0.1) is 0 Å². The van der Waals surface area contributed by atoms with Gasteiger partial charge in [0.1, 0.15) is 0 Å². The molecular formula is C6H13N3O2S. The molecule has 0 aromatic rings. The number of thiol groups is 1. The Morgan fingerprint density at radius 2 is 2.17 bits per heavy atom. The minimum absolute atomic E-state index is 0.0448.